The van der Waals surface area contributed by atoms with Crippen LogP contribution in [0.4, 0.5) is 0 Å². The Morgan fingerprint density at radius 1 is 0.577 bits per heavy atom. The fourth-order valence-electron chi connectivity index (χ4n) is 0.291. The Hall–Kier alpha value is -0.102. The first-order valence-corrected chi connectivity index (χ1v) is 12.4. The van der Waals surface area contributed by atoms with Crippen LogP contribution in [0, 0.1) is 0 Å². The van der Waals surface area contributed by atoms with Gasteiger partial charge in [-0.1, -0.05) is 0 Å². The molecule has 0 aliphatic rings. The summed E-state index contributed by atoms with van der Waals surface area (Å²) in [5.41, 5.74) is 0. The van der Waals surface area contributed by atoms with Crippen LogP contribution in [0.2, 0.25) is 0 Å². The van der Waals surface area contributed by atoms with Gasteiger partial charge in [-0.05, 0) is 0 Å². The van der Waals surface area contributed by atoms with E-state index < -0.39 is 51.0 Å². The Kier molecular flexibility index (Phi) is 22.5. The molecule has 26 heavy (non-hydrogen) atoms. The summed E-state index contributed by atoms with van der Waals surface area (Å²) in [5.74, 6) is 0. The first-order valence-electron chi connectivity index (χ1n) is 4.13. The predicted molar refractivity (Wildman–Crippen MR) is 70.2 cm³/mol. The van der Waals surface area contributed by atoms with Gasteiger partial charge in [0.2, 0.25) is 0 Å². The molecule has 0 atom stereocenters. The van der Waals surface area contributed by atoms with E-state index in [2.05, 4.69) is 12.6 Å². The molecule has 147 valence electrons. The monoisotopic (exact) mass is 509 g/mol. The molecule has 0 aliphatic heterocycles. The van der Waals surface area contributed by atoms with Crippen molar-refractivity contribution in [3.05, 3.63) is 0 Å². The largest absolute Gasteiger partial charge is 3.00 e. The molecule has 0 amide bonds. The predicted octanol–water partition coefficient (Wildman–Crippen LogP) is -7.15. The average molecular weight is 509 g/mol. The molecule has 6 N–H and O–H groups in total. The zero-order valence-electron chi connectivity index (χ0n) is 11.6. The Labute approximate surface area is 160 Å². The van der Waals surface area contributed by atoms with Gasteiger partial charge in [-0.3, -0.25) is 0 Å². The average Bonchev–Trinajstić information content (AvgIpc) is 2.04. The molecule has 0 aromatic heterocycles. The Balaban J connectivity index is -0.0000000817. The quantitative estimate of drug-likeness (QED) is 0.143. The van der Waals surface area contributed by atoms with Gasteiger partial charge >= 0.3 is 68.3 Å². The maximum atomic E-state index is 9.54. The molecule has 0 aliphatic carbocycles. The SMILES string of the molecule is O=[Si]([O-])OP(=O)(O)O.O=[Si]([O-])OP(=O)(O)O.O=[Si]([O-])OP(=O)(O)O.[Al+3].[B]. The molecule has 0 rings (SSSR count). The van der Waals surface area contributed by atoms with Gasteiger partial charge < -0.3 is 69.8 Å². The van der Waals surface area contributed by atoms with Gasteiger partial charge in [0.05, 0.1) is 0 Å². The zero-order valence-corrected chi connectivity index (χ0v) is 18.4. The topological polar surface area (TPSA) is 321 Å². The summed E-state index contributed by atoms with van der Waals surface area (Å²) in [5, 5.41) is 0. The van der Waals surface area contributed by atoms with Crippen LogP contribution in [-0.4, -0.2) is 82.6 Å². The van der Waals surface area contributed by atoms with Gasteiger partial charge in [-0.25, -0.2) is 13.7 Å². The molecule has 26 heteroatoms. The first-order chi connectivity index (χ1) is 10.2. The summed E-state index contributed by atoms with van der Waals surface area (Å²) in [6.45, 7) is 0. The van der Waals surface area contributed by atoms with Crippen LogP contribution in [-0.2, 0) is 39.7 Å². The van der Waals surface area contributed by atoms with Gasteiger partial charge in [0.1, 0.15) is 0 Å². The summed E-state index contributed by atoms with van der Waals surface area (Å²) in [6.07, 6.45) is 0. The van der Waals surface area contributed by atoms with Gasteiger partial charge in [0.25, 0.3) is 0 Å². The van der Waals surface area contributed by atoms with E-state index in [1.54, 1.807) is 0 Å². The molecule has 0 saturated heterocycles. The number of hydrogen-bond donors (Lipinski definition) is 6. The minimum atomic E-state index is -4.80. The van der Waals surface area contributed by atoms with Crippen molar-refractivity contribution in [2.75, 3.05) is 0 Å². The van der Waals surface area contributed by atoms with Crippen LogP contribution in [0.3, 0.4) is 0 Å². The van der Waals surface area contributed by atoms with E-state index in [1.165, 1.54) is 0 Å². The van der Waals surface area contributed by atoms with Crippen molar-refractivity contribution < 1.29 is 83.5 Å². The van der Waals surface area contributed by atoms with Crippen molar-refractivity contribution in [2.45, 2.75) is 0 Å². The van der Waals surface area contributed by atoms with E-state index in [4.69, 9.17) is 29.4 Å². The van der Waals surface area contributed by atoms with E-state index in [1.807, 2.05) is 0 Å². The van der Waals surface area contributed by atoms with E-state index in [9.17, 15) is 41.5 Å². The second-order valence-corrected chi connectivity index (χ2v) is 9.13. The summed E-state index contributed by atoms with van der Waals surface area (Å²) < 4.78 is 66.0. The van der Waals surface area contributed by atoms with Crippen molar-refractivity contribution in [2.24, 2.45) is 0 Å². The normalized spacial score (nSPS) is 9.92. The number of phosphoric acid groups is 3. The van der Waals surface area contributed by atoms with Crippen LogP contribution in [0.15, 0.2) is 0 Å². The maximum Gasteiger partial charge on any atom is 3.00 e. The summed E-state index contributed by atoms with van der Waals surface area (Å²) in [6, 6.07) is 0. The van der Waals surface area contributed by atoms with Crippen molar-refractivity contribution >= 4 is 76.8 Å². The van der Waals surface area contributed by atoms with Crippen LogP contribution >= 0.6 is 23.5 Å². The van der Waals surface area contributed by atoms with Crippen molar-refractivity contribution in [1.82, 2.24) is 0 Å². The van der Waals surface area contributed by atoms with Crippen molar-refractivity contribution in [1.29, 1.82) is 0 Å². The number of hydrogen-bond acceptors (Lipinski definition) is 12. The smallest absolute Gasteiger partial charge is 0.499 e. The second kappa shape index (κ2) is 15.9. The van der Waals surface area contributed by atoms with Gasteiger partial charge in [0, 0.05) is 8.41 Å². The summed E-state index contributed by atoms with van der Waals surface area (Å²) >= 11 is 0. The van der Waals surface area contributed by atoms with Crippen LogP contribution in [0.5, 0.6) is 0 Å². The van der Waals surface area contributed by atoms with Crippen molar-refractivity contribution in [3.8, 4) is 0 Å². The van der Waals surface area contributed by atoms with Crippen LogP contribution < -0.4 is 14.4 Å². The molecular formula is H6AlBO18P3Si3. The molecular weight excluding hydrogens is 503 g/mol. The Bertz CT molecular complexity index is 487. The molecule has 0 unspecified atom stereocenters. The fraction of sp³-hybridized carbons (Fsp3) is 0. The molecule has 0 aromatic rings. The standard InChI is InChI=1S/Al.B.3H2O6PSi/c;;3*1-7(2,3)6-8(4)5/h;;3*(H2,1,2,3)/q+3;;3*-1. The molecule has 0 spiro atoms. The van der Waals surface area contributed by atoms with Crippen molar-refractivity contribution in [3.63, 3.8) is 0 Å². The van der Waals surface area contributed by atoms with Gasteiger partial charge in [0.15, 0.2) is 0 Å². The second-order valence-electron chi connectivity index (χ2n) is 2.50. The van der Waals surface area contributed by atoms with E-state index in [-0.39, 0.29) is 25.8 Å². The molecule has 3 radical (unpaired) electrons. The molecule has 0 heterocycles. The Morgan fingerprint density at radius 2 is 0.692 bits per heavy atom. The Morgan fingerprint density at radius 3 is 0.692 bits per heavy atom. The molecule has 18 nitrogen and oxygen atoms in total. The molecule has 0 bridgehead atoms. The van der Waals surface area contributed by atoms with E-state index in [0.29, 0.717) is 0 Å². The minimum absolute atomic E-state index is 0. The third kappa shape index (κ3) is 56.5. The number of rotatable bonds is 6. The third-order valence-corrected chi connectivity index (χ3v) is 5.22. The maximum absolute atomic E-state index is 9.54. The summed E-state index contributed by atoms with van der Waals surface area (Å²) in [7, 11) is -25.7. The van der Waals surface area contributed by atoms with Crippen LogP contribution in [0.25, 0.3) is 0 Å². The summed E-state index contributed by atoms with van der Waals surface area (Å²) in [4.78, 5) is 74.3. The minimum Gasteiger partial charge on any atom is -0.499 e. The zero-order chi connectivity index (χ0) is 20.4. The third-order valence-electron chi connectivity index (χ3n) is 0.580. The molecule has 0 aromatic carbocycles. The van der Waals surface area contributed by atoms with Gasteiger partial charge in [-0.15, -0.1) is 0 Å². The molecule has 0 fully saturated rings. The van der Waals surface area contributed by atoms with Crippen LogP contribution in [0.1, 0.15) is 0 Å². The fourth-order valence-corrected chi connectivity index (χ4v) is 2.62. The van der Waals surface area contributed by atoms with Gasteiger partial charge in [-0.2, -0.15) is 0 Å². The van der Waals surface area contributed by atoms with E-state index in [0.717, 1.165) is 0 Å². The van der Waals surface area contributed by atoms with E-state index >= 15 is 0 Å². The molecule has 0 saturated carbocycles. The first kappa shape index (κ1) is 36.8.